The van der Waals surface area contributed by atoms with E-state index in [1.54, 1.807) is 0 Å². The molecule has 0 N–H and O–H groups in total. The van der Waals surface area contributed by atoms with Crippen molar-refractivity contribution in [3.63, 3.8) is 0 Å². The van der Waals surface area contributed by atoms with E-state index in [1.165, 1.54) is 0 Å². The molecule has 0 aliphatic carbocycles. The van der Waals surface area contributed by atoms with Gasteiger partial charge in [0.1, 0.15) is 0 Å². The van der Waals surface area contributed by atoms with Gasteiger partial charge in [-0.1, -0.05) is 72.3 Å². The third-order valence-corrected chi connectivity index (χ3v) is 4.18. The van der Waals surface area contributed by atoms with Crippen LogP contribution in [0.25, 0.3) is 33.3 Å². The number of halogens is 1. The van der Waals surface area contributed by atoms with E-state index in [0.717, 1.165) is 38.3 Å². The van der Waals surface area contributed by atoms with Crippen molar-refractivity contribution in [2.24, 2.45) is 0 Å². The first-order valence-electron chi connectivity index (χ1n) is 7.52. The molecule has 4 rings (SSSR count). The summed E-state index contributed by atoms with van der Waals surface area (Å²) < 4.78 is 0. The predicted octanol–water partition coefficient (Wildman–Crippen LogP) is 6.22. The first-order valence-corrected chi connectivity index (χ1v) is 7.90. The maximum absolute atomic E-state index is 6.04. The topological polar surface area (TPSA) is 12.9 Å². The molecule has 0 saturated heterocycles. The fourth-order valence-corrected chi connectivity index (χ4v) is 2.91. The molecular formula is C21H14ClN. The van der Waals surface area contributed by atoms with Crippen molar-refractivity contribution in [3.05, 3.63) is 90.0 Å². The quantitative estimate of drug-likeness (QED) is 0.428. The summed E-state index contributed by atoms with van der Waals surface area (Å²) in [4.78, 5) is 4.91. The SMILES string of the molecule is Clc1ccc(-c2cc3ccccc3nc2-c2ccccc2)cc1. The van der Waals surface area contributed by atoms with Gasteiger partial charge in [0, 0.05) is 21.5 Å². The van der Waals surface area contributed by atoms with Gasteiger partial charge in [-0.25, -0.2) is 4.98 Å². The van der Waals surface area contributed by atoms with Crippen LogP contribution in [0.5, 0.6) is 0 Å². The summed E-state index contributed by atoms with van der Waals surface area (Å²) in [6, 6.07) is 28.6. The Kier molecular flexibility index (Phi) is 3.57. The lowest BCUT2D eigenvalue weighted by atomic mass is 9.97. The van der Waals surface area contributed by atoms with E-state index >= 15 is 0 Å². The average molecular weight is 316 g/mol. The number of para-hydroxylation sites is 1. The molecule has 0 spiro atoms. The Labute approximate surface area is 140 Å². The Morgan fingerprint density at radius 3 is 2.13 bits per heavy atom. The molecule has 110 valence electrons. The van der Waals surface area contributed by atoms with Crippen molar-refractivity contribution in [1.29, 1.82) is 0 Å². The summed E-state index contributed by atoms with van der Waals surface area (Å²) >= 11 is 6.04. The number of benzene rings is 3. The minimum absolute atomic E-state index is 0.740. The summed E-state index contributed by atoms with van der Waals surface area (Å²) in [5, 5.41) is 1.88. The molecule has 3 aromatic carbocycles. The van der Waals surface area contributed by atoms with Gasteiger partial charge < -0.3 is 0 Å². The average Bonchev–Trinajstić information content (AvgIpc) is 2.62. The Morgan fingerprint density at radius 1 is 0.652 bits per heavy atom. The number of nitrogens with zero attached hydrogens (tertiary/aromatic N) is 1. The zero-order valence-corrected chi connectivity index (χ0v) is 13.2. The minimum Gasteiger partial charge on any atom is -0.247 e. The van der Waals surface area contributed by atoms with Crippen LogP contribution in [0.2, 0.25) is 5.02 Å². The van der Waals surface area contributed by atoms with E-state index in [0.29, 0.717) is 0 Å². The molecule has 0 amide bonds. The molecule has 0 fully saturated rings. The van der Waals surface area contributed by atoms with Crippen LogP contribution >= 0.6 is 11.6 Å². The highest BCUT2D eigenvalue weighted by Crippen LogP contribution is 2.33. The number of hydrogen-bond acceptors (Lipinski definition) is 1. The molecule has 0 radical (unpaired) electrons. The standard InChI is InChI=1S/C21H14ClN/c22-18-12-10-15(11-13-18)19-14-17-8-4-5-9-20(17)23-21(19)16-6-2-1-3-7-16/h1-14H. The lowest BCUT2D eigenvalue weighted by Crippen LogP contribution is -1.91. The normalized spacial score (nSPS) is 10.8. The van der Waals surface area contributed by atoms with Crippen LogP contribution in [-0.4, -0.2) is 4.98 Å². The molecule has 0 aliphatic rings. The van der Waals surface area contributed by atoms with Gasteiger partial charge in [-0.3, -0.25) is 0 Å². The zero-order valence-electron chi connectivity index (χ0n) is 12.4. The lowest BCUT2D eigenvalue weighted by molar-refractivity contribution is 1.39. The van der Waals surface area contributed by atoms with Gasteiger partial charge in [0.15, 0.2) is 0 Å². The molecular weight excluding hydrogens is 302 g/mol. The first-order chi connectivity index (χ1) is 11.3. The smallest absolute Gasteiger partial charge is 0.0788 e. The highest BCUT2D eigenvalue weighted by atomic mass is 35.5. The second-order valence-corrected chi connectivity index (χ2v) is 5.89. The number of rotatable bonds is 2. The van der Waals surface area contributed by atoms with Crippen molar-refractivity contribution in [3.8, 4) is 22.4 Å². The molecule has 4 aromatic rings. The fourth-order valence-electron chi connectivity index (χ4n) is 2.78. The van der Waals surface area contributed by atoms with Crippen LogP contribution in [-0.2, 0) is 0 Å². The highest BCUT2D eigenvalue weighted by molar-refractivity contribution is 6.30. The van der Waals surface area contributed by atoms with Gasteiger partial charge in [0.05, 0.1) is 11.2 Å². The Morgan fingerprint density at radius 2 is 1.35 bits per heavy atom. The number of aromatic nitrogens is 1. The molecule has 0 bridgehead atoms. The van der Waals surface area contributed by atoms with Crippen molar-refractivity contribution in [2.45, 2.75) is 0 Å². The van der Waals surface area contributed by atoms with Gasteiger partial charge in [-0.15, -0.1) is 0 Å². The predicted molar refractivity (Wildman–Crippen MR) is 97.6 cm³/mol. The van der Waals surface area contributed by atoms with Gasteiger partial charge in [0.25, 0.3) is 0 Å². The van der Waals surface area contributed by atoms with E-state index < -0.39 is 0 Å². The summed E-state index contributed by atoms with van der Waals surface area (Å²) in [7, 11) is 0. The molecule has 1 heterocycles. The molecule has 0 aliphatic heterocycles. The second kappa shape index (κ2) is 5.86. The van der Waals surface area contributed by atoms with Crippen LogP contribution in [0, 0.1) is 0 Å². The van der Waals surface area contributed by atoms with Gasteiger partial charge >= 0.3 is 0 Å². The van der Waals surface area contributed by atoms with Crippen molar-refractivity contribution in [2.75, 3.05) is 0 Å². The summed E-state index contributed by atoms with van der Waals surface area (Å²) in [6.45, 7) is 0. The molecule has 1 aromatic heterocycles. The fraction of sp³-hybridized carbons (Fsp3) is 0. The van der Waals surface area contributed by atoms with Crippen molar-refractivity contribution < 1.29 is 0 Å². The summed E-state index contributed by atoms with van der Waals surface area (Å²) in [5.74, 6) is 0. The number of pyridine rings is 1. The lowest BCUT2D eigenvalue weighted by Gasteiger charge is -2.11. The second-order valence-electron chi connectivity index (χ2n) is 5.45. The van der Waals surface area contributed by atoms with Crippen LogP contribution in [0.4, 0.5) is 0 Å². The van der Waals surface area contributed by atoms with Crippen molar-refractivity contribution in [1.82, 2.24) is 4.98 Å². The molecule has 1 nitrogen and oxygen atoms in total. The van der Waals surface area contributed by atoms with Crippen molar-refractivity contribution >= 4 is 22.5 Å². The Bertz CT molecular complexity index is 960. The maximum Gasteiger partial charge on any atom is 0.0788 e. The molecule has 2 heteroatoms. The number of fused-ring (bicyclic) bond motifs is 1. The Balaban J connectivity index is 2.02. The van der Waals surface area contributed by atoms with E-state index in [2.05, 4.69) is 24.3 Å². The first kappa shape index (κ1) is 14.0. The van der Waals surface area contributed by atoms with Crippen LogP contribution < -0.4 is 0 Å². The monoisotopic (exact) mass is 315 g/mol. The van der Waals surface area contributed by atoms with Crippen LogP contribution in [0.3, 0.4) is 0 Å². The zero-order chi connectivity index (χ0) is 15.6. The highest BCUT2D eigenvalue weighted by Gasteiger charge is 2.11. The largest absolute Gasteiger partial charge is 0.247 e. The maximum atomic E-state index is 6.04. The van der Waals surface area contributed by atoms with Crippen LogP contribution in [0.1, 0.15) is 0 Å². The summed E-state index contributed by atoms with van der Waals surface area (Å²) in [6.07, 6.45) is 0. The number of hydrogen-bond donors (Lipinski definition) is 0. The van der Waals surface area contributed by atoms with E-state index in [9.17, 15) is 0 Å². The van der Waals surface area contributed by atoms with Crippen LogP contribution in [0.15, 0.2) is 84.9 Å². The molecule has 23 heavy (non-hydrogen) atoms. The third kappa shape index (κ3) is 2.71. The van der Waals surface area contributed by atoms with E-state index in [1.807, 2.05) is 60.7 Å². The van der Waals surface area contributed by atoms with Gasteiger partial charge in [-0.2, -0.15) is 0 Å². The molecule has 0 unspecified atom stereocenters. The summed E-state index contributed by atoms with van der Waals surface area (Å²) in [5.41, 5.74) is 5.34. The molecule has 0 saturated carbocycles. The van der Waals surface area contributed by atoms with Gasteiger partial charge in [0.2, 0.25) is 0 Å². The Hall–Kier alpha value is -2.64. The van der Waals surface area contributed by atoms with E-state index in [-0.39, 0.29) is 0 Å². The van der Waals surface area contributed by atoms with E-state index in [4.69, 9.17) is 16.6 Å². The minimum atomic E-state index is 0.740. The molecule has 0 atom stereocenters. The third-order valence-electron chi connectivity index (χ3n) is 3.93. The van der Waals surface area contributed by atoms with Gasteiger partial charge in [-0.05, 0) is 29.8 Å².